The Labute approximate surface area is 277 Å². The molecule has 2 atom stereocenters. The first-order valence-electron chi connectivity index (χ1n) is 16.2. The molecule has 1 fully saturated rings. The van der Waals surface area contributed by atoms with Crippen molar-refractivity contribution in [3.8, 4) is 28.4 Å². The number of carbonyl (C=O) groups excluding carboxylic acids is 2. The van der Waals surface area contributed by atoms with Crippen LogP contribution in [-0.4, -0.2) is 75.2 Å². The molecule has 0 bridgehead atoms. The number of amides is 2. The normalized spacial score (nSPS) is 16.7. The van der Waals surface area contributed by atoms with E-state index in [1.165, 1.54) is 12.5 Å². The first-order valence-corrected chi connectivity index (χ1v) is 16.2. The molecule has 0 unspecified atom stereocenters. The highest BCUT2D eigenvalue weighted by molar-refractivity contribution is 5.86. The molecule has 0 radical (unpaired) electrons. The predicted octanol–water partition coefficient (Wildman–Crippen LogP) is 4.64. The Morgan fingerprint density at radius 3 is 2.23 bits per heavy atom. The van der Waals surface area contributed by atoms with Crippen molar-refractivity contribution in [3.63, 3.8) is 0 Å². The molecule has 250 valence electrons. The van der Waals surface area contributed by atoms with E-state index < -0.39 is 12.1 Å². The number of methoxy groups -OCH3 is 3. The molecule has 1 saturated heterocycles. The van der Waals surface area contributed by atoms with Gasteiger partial charge in [-0.2, -0.15) is 0 Å². The van der Waals surface area contributed by atoms with Crippen molar-refractivity contribution >= 4 is 17.5 Å². The van der Waals surface area contributed by atoms with Gasteiger partial charge in [-0.3, -0.25) is 19.3 Å². The van der Waals surface area contributed by atoms with E-state index in [0.29, 0.717) is 54.4 Å². The quantitative estimate of drug-likeness (QED) is 0.329. The van der Waals surface area contributed by atoms with Crippen molar-refractivity contribution in [2.45, 2.75) is 52.2 Å². The van der Waals surface area contributed by atoms with Gasteiger partial charge in [-0.15, -0.1) is 0 Å². The van der Waals surface area contributed by atoms with Crippen LogP contribution in [0.4, 0.5) is 5.69 Å². The molecule has 0 aromatic heterocycles. The molecular formula is C37H46N4O6. The van der Waals surface area contributed by atoms with Crippen LogP contribution in [0.3, 0.4) is 0 Å². The Bertz CT molecular complexity index is 1650. The zero-order valence-corrected chi connectivity index (χ0v) is 28.2. The van der Waals surface area contributed by atoms with Gasteiger partial charge < -0.3 is 29.7 Å². The lowest BCUT2D eigenvalue weighted by atomic mass is 9.95. The van der Waals surface area contributed by atoms with Gasteiger partial charge in [0.15, 0.2) is 11.5 Å². The molecule has 1 aliphatic carbocycles. The summed E-state index contributed by atoms with van der Waals surface area (Å²) in [6.07, 6.45) is 1.17. The smallest absolute Gasteiger partial charge is 0.245 e. The van der Waals surface area contributed by atoms with Crippen LogP contribution < -0.4 is 30.3 Å². The molecule has 2 aliphatic rings. The van der Waals surface area contributed by atoms with Crippen molar-refractivity contribution in [1.29, 1.82) is 0 Å². The number of rotatable bonds is 10. The van der Waals surface area contributed by atoms with Crippen molar-refractivity contribution in [2.24, 2.45) is 5.92 Å². The monoisotopic (exact) mass is 642 g/mol. The van der Waals surface area contributed by atoms with Gasteiger partial charge in [-0.1, -0.05) is 50.2 Å². The number of ether oxygens (including phenoxy) is 3. The average molecular weight is 643 g/mol. The SMILES string of the molecule is COc1cc2c(c(OC)c1OC)-c1ccc(N[C@H](C(=O)N3CCN(Cc4ccccc4)CC3)C(C)C)c(=O)cc1[C@@H](NC(C)=O)CC2. The van der Waals surface area contributed by atoms with E-state index in [1.807, 2.05) is 49.1 Å². The van der Waals surface area contributed by atoms with E-state index in [4.69, 9.17) is 14.2 Å². The molecule has 1 aliphatic heterocycles. The molecule has 3 aromatic rings. The number of aryl methyl sites for hydroxylation is 1. The number of carbonyl (C=O) groups is 2. The number of nitrogens with zero attached hydrogens (tertiary/aromatic N) is 2. The van der Waals surface area contributed by atoms with Gasteiger partial charge in [0.2, 0.25) is 23.0 Å². The summed E-state index contributed by atoms with van der Waals surface area (Å²) in [5, 5.41) is 6.36. The third-order valence-corrected chi connectivity index (χ3v) is 9.09. The van der Waals surface area contributed by atoms with E-state index in [-0.39, 0.29) is 23.2 Å². The minimum atomic E-state index is -0.595. The van der Waals surface area contributed by atoms with E-state index >= 15 is 0 Å². The van der Waals surface area contributed by atoms with Gasteiger partial charge in [-0.05, 0) is 59.2 Å². The molecule has 10 nitrogen and oxygen atoms in total. The van der Waals surface area contributed by atoms with Crippen molar-refractivity contribution in [2.75, 3.05) is 52.8 Å². The fraction of sp³-hybridized carbons (Fsp3) is 0.432. The van der Waals surface area contributed by atoms with E-state index in [0.717, 1.165) is 36.3 Å². The standard InChI is InChI=1S/C37H46N4O6/c1-23(2)34(37(44)41-18-16-40(17-19-41)22-25-10-8-7-9-11-25)39-30-15-13-27-28(21-31(30)43)29(38-24(3)42)14-12-26-20-32(45-4)35(46-5)36(47-6)33(26)27/h7-11,13,15,20-21,23,29,34H,12,14,16-19,22H2,1-6H3,(H,38,42)(H,39,43)/t29-,34-/m0/s1. The minimum absolute atomic E-state index is 0.0215. The molecule has 3 aromatic carbocycles. The molecule has 5 rings (SSSR count). The zero-order chi connectivity index (χ0) is 33.7. The van der Waals surface area contributed by atoms with Gasteiger partial charge >= 0.3 is 0 Å². The number of hydrogen-bond donors (Lipinski definition) is 2. The van der Waals surface area contributed by atoms with Gasteiger partial charge in [0.05, 0.1) is 33.1 Å². The second-order valence-electron chi connectivity index (χ2n) is 12.5. The van der Waals surface area contributed by atoms with Crippen LogP contribution in [0.25, 0.3) is 11.1 Å². The summed E-state index contributed by atoms with van der Waals surface area (Å²) >= 11 is 0. The van der Waals surface area contributed by atoms with Crippen LogP contribution in [0.2, 0.25) is 0 Å². The summed E-state index contributed by atoms with van der Waals surface area (Å²) in [4.78, 5) is 44.4. The predicted molar refractivity (Wildman–Crippen MR) is 183 cm³/mol. The maximum absolute atomic E-state index is 13.9. The number of fused-ring (bicyclic) bond motifs is 3. The molecule has 10 heteroatoms. The Balaban J connectivity index is 1.47. The first-order chi connectivity index (χ1) is 22.6. The molecule has 0 saturated carbocycles. The molecule has 2 N–H and O–H groups in total. The van der Waals surface area contributed by atoms with Crippen LogP contribution in [0, 0.1) is 5.92 Å². The van der Waals surface area contributed by atoms with Crippen LogP contribution in [0.15, 0.2) is 59.4 Å². The van der Waals surface area contributed by atoms with Crippen LogP contribution >= 0.6 is 0 Å². The summed E-state index contributed by atoms with van der Waals surface area (Å²) < 4.78 is 17.2. The molecule has 1 heterocycles. The minimum Gasteiger partial charge on any atom is -0.493 e. The summed E-state index contributed by atoms with van der Waals surface area (Å²) in [6.45, 7) is 9.10. The highest BCUT2D eigenvalue weighted by Gasteiger charge is 2.32. The second kappa shape index (κ2) is 14.9. The van der Waals surface area contributed by atoms with E-state index in [9.17, 15) is 14.4 Å². The topological polar surface area (TPSA) is 109 Å². The van der Waals surface area contributed by atoms with Gasteiger partial charge in [0, 0.05) is 45.2 Å². The van der Waals surface area contributed by atoms with Gasteiger partial charge in [0.25, 0.3) is 0 Å². The molecule has 0 spiro atoms. The van der Waals surface area contributed by atoms with Crippen molar-refractivity contribution in [3.05, 3.63) is 81.5 Å². The molecular weight excluding hydrogens is 596 g/mol. The lowest BCUT2D eigenvalue weighted by molar-refractivity contribution is -0.134. The molecule has 2 amide bonds. The fourth-order valence-corrected chi connectivity index (χ4v) is 6.67. The maximum atomic E-state index is 13.9. The third kappa shape index (κ3) is 7.38. The Kier molecular flexibility index (Phi) is 10.7. The Morgan fingerprint density at radius 1 is 0.915 bits per heavy atom. The largest absolute Gasteiger partial charge is 0.493 e. The molecule has 47 heavy (non-hydrogen) atoms. The Morgan fingerprint density at radius 2 is 1.62 bits per heavy atom. The number of anilines is 1. The number of nitrogens with one attached hydrogen (secondary N) is 2. The van der Waals surface area contributed by atoms with Gasteiger partial charge in [0.1, 0.15) is 6.04 Å². The Hall–Kier alpha value is -4.57. The number of piperazine rings is 1. The van der Waals surface area contributed by atoms with Crippen LogP contribution in [-0.2, 0) is 22.6 Å². The summed E-state index contributed by atoms with van der Waals surface area (Å²) in [5.74, 6) is 1.18. The van der Waals surface area contributed by atoms with Gasteiger partial charge in [-0.25, -0.2) is 0 Å². The summed E-state index contributed by atoms with van der Waals surface area (Å²) in [7, 11) is 4.70. The van der Waals surface area contributed by atoms with E-state index in [1.54, 1.807) is 33.5 Å². The van der Waals surface area contributed by atoms with E-state index in [2.05, 4.69) is 27.7 Å². The van der Waals surface area contributed by atoms with Crippen LogP contribution in [0.1, 0.15) is 49.9 Å². The van der Waals surface area contributed by atoms with Crippen molar-refractivity contribution in [1.82, 2.24) is 15.1 Å². The number of hydrogen-bond acceptors (Lipinski definition) is 8. The van der Waals surface area contributed by atoms with Crippen molar-refractivity contribution < 1.29 is 23.8 Å². The highest BCUT2D eigenvalue weighted by atomic mass is 16.5. The lowest BCUT2D eigenvalue weighted by Crippen LogP contribution is -2.53. The second-order valence-corrected chi connectivity index (χ2v) is 12.5. The summed E-state index contributed by atoms with van der Waals surface area (Å²) in [5.41, 5.74) is 4.44. The average Bonchev–Trinajstić information content (AvgIpc) is 3.31. The number of benzene rings is 2. The highest BCUT2D eigenvalue weighted by Crippen LogP contribution is 2.50. The maximum Gasteiger partial charge on any atom is 0.245 e. The summed E-state index contributed by atoms with van der Waals surface area (Å²) in [6, 6.07) is 16.4. The third-order valence-electron chi connectivity index (χ3n) is 9.09. The fourth-order valence-electron chi connectivity index (χ4n) is 6.67. The van der Waals surface area contributed by atoms with Crippen LogP contribution in [0.5, 0.6) is 17.2 Å². The first kappa shape index (κ1) is 33.8. The zero-order valence-electron chi connectivity index (χ0n) is 28.2. The lowest BCUT2D eigenvalue weighted by Gasteiger charge is -2.37.